The van der Waals surface area contributed by atoms with Crippen LogP contribution < -0.4 is 5.48 Å². The van der Waals surface area contributed by atoms with E-state index in [1.54, 1.807) is 0 Å². The van der Waals surface area contributed by atoms with Gasteiger partial charge in [-0.25, -0.2) is 15.3 Å². The lowest BCUT2D eigenvalue weighted by atomic mass is 10.1. The molecule has 15 heavy (non-hydrogen) atoms. The van der Waals surface area contributed by atoms with Gasteiger partial charge in [0, 0.05) is 11.5 Å². The van der Waals surface area contributed by atoms with Gasteiger partial charge in [-0.05, 0) is 6.92 Å². The lowest BCUT2D eigenvalue weighted by molar-refractivity contribution is 0.0107. The summed E-state index contributed by atoms with van der Waals surface area (Å²) in [6, 6.07) is 8.24. The second-order valence-corrected chi connectivity index (χ2v) is 4.20. The first-order chi connectivity index (χ1) is 7.16. The summed E-state index contributed by atoms with van der Waals surface area (Å²) >= 11 is 0. The van der Waals surface area contributed by atoms with Crippen LogP contribution in [0.3, 0.4) is 0 Å². The Morgan fingerprint density at radius 3 is 2.47 bits per heavy atom. The van der Waals surface area contributed by atoms with Crippen LogP contribution in [0.15, 0.2) is 29.3 Å². The van der Waals surface area contributed by atoms with E-state index >= 15 is 0 Å². The molecular formula is C12H16N2O. The second-order valence-electron chi connectivity index (χ2n) is 4.20. The summed E-state index contributed by atoms with van der Waals surface area (Å²) in [5, 5.41) is 0. The Bertz CT molecular complexity index is 368. The van der Waals surface area contributed by atoms with E-state index in [1.807, 2.05) is 12.1 Å². The fourth-order valence-corrected chi connectivity index (χ4v) is 1.43. The second kappa shape index (κ2) is 4.03. The van der Waals surface area contributed by atoms with Crippen LogP contribution >= 0.6 is 0 Å². The van der Waals surface area contributed by atoms with Gasteiger partial charge >= 0.3 is 0 Å². The molecule has 0 bridgehead atoms. The highest BCUT2D eigenvalue weighted by Gasteiger charge is 2.21. The zero-order chi connectivity index (χ0) is 10.8. The molecule has 3 nitrogen and oxygen atoms in total. The molecule has 0 amide bonds. The molecule has 2 rings (SSSR count). The molecule has 0 saturated carbocycles. The number of rotatable bonds is 2. The minimum Gasteiger partial charge on any atom is -0.248 e. The van der Waals surface area contributed by atoms with E-state index in [0.717, 1.165) is 11.4 Å². The molecule has 0 saturated heterocycles. The summed E-state index contributed by atoms with van der Waals surface area (Å²) in [6.45, 7) is 6.25. The molecule has 3 heteroatoms. The first-order valence-corrected chi connectivity index (χ1v) is 5.23. The number of nitrogens with zero attached hydrogens (tertiary/aromatic N) is 1. The van der Waals surface area contributed by atoms with Crippen molar-refractivity contribution >= 4 is 5.84 Å². The average molecular weight is 204 g/mol. The Balaban J connectivity index is 2.19. The van der Waals surface area contributed by atoms with Crippen molar-refractivity contribution < 1.29 is 4.84 Å². The molecule has 0 spiro atoms. The van der Waals surface area contributed by atoms with E-state index in [9.17, 15) is 0 Å². The van der Waals surface area contributed by atoms with Gasteiger partial charge in [-0.1, -0.05) is 43.7 Å². The Labute approximate surface area is 90.1 Å². The normalized spacial score (nSPS) is 20.3. The summed E-state index contributed by atoms with van der Waals surface area (Å²) in [4.78, 5) is 9.83. The van der Waals surface area contributed by atoms with Gasteiger partial charge in [-0.2, -0.15) is 0 Å². The first-order valence-electron chi connectivity index (χ1n) is 5.23. The lowest BCUT2D eigenvalue weighted by Gasteiger charge is -2.07. The van der Waals surface area contributed by atoms with Gasteiger partial charge in [0.1, 0.15) is 0 Å². The molecule has 1 unspecified atom stereocenters. The van der Waals surface area contributed by atoms with Crippen molar-refractivity contribution in [3.05, 3.63) is 35.4 Å². The van der Waals surface area contributed by atoms with Crippen LogP contribution in [-0.4, -0.2) is 12.1 Å². The Morgan fingerprint density at radius 2 is 1.93 bits per heavy atom. The van der Waals surface area contributed by atoms with Crippen LogP contribution in [-0.2, 0) is 4.84 Å². The number of aliphatic imine (C=N–C) groups is 1. The van der Waals surface area contributed by atoms with Gasteiger partial charge in [0.2, 0.25) is 0 Å². The molecule has 1 aromatic carbocycles. The maximum atomic E-state index is 5.36. The molecule has 1 atom stereocenters. The van der Waals surface area contributed by atoms with Gasteiger partial charge in [0.15, 0.2) is 12.1 Å². The van der Waals surface area contributed by atoms with Gasteiger partial charge < -0.3 is 0 Å². The monoisotopic (exact) mass is 204 g/mol. The predicted molar refractivity (Wildman–Crippen MR) is 60.6 cm³/mol. The van der Waals surface area contributed by atoms with Crippen LogP contribution in [0.4, 0.5) is 0 Å². The third-order valence-electron chi connectivity index (χ3n) is 2.43. The van der Waals surface area contributed by atoms with Crippen LogP contribution in [0.2, 0.25) is 0 Å². The fourth-order valence-electron chi connectivity index (χ4n) is 1.43. The van der Waals surface area contributed by atoms with Crippen molar-refractivity contribution in [2.45, 2.75) is 27.0 Å². The van der Waals surface area contributed by atoms with Crippen molar-refractivity contribution in [3.63, 3.8) is 0 Å². The van der Waals surface area contributed by atoms with Gasteiger partial charge in [-0.3, -0.25) is 0 Å². The highest BCUT2D eigenvalue weighted by molar-refractivity contribution is 5.98. The highest BCUT2D eigenvalue weighted by Crippen LogP contribution is 2.14. The Kier molecular flexibility index (Phi) is 2.73. The van der Waals surface area contributed by atoms with Gasteiger partial charge in [-0.15, -0.1) is 0 Å². The van der Waals surface area contributed by atoms with Gasteiger partial charge in [0.05, 0.1) is 0 Å². The van der Waals surface area contributed by atoms with Crippen LogP contribution in [0.25, 0.3) is 0 Å². The number of amidine groups is 1. The van der Waals surface area contributed by atoms with Crippen molar-refractivity contribution in [3.8, 4) is 0 Å². The molecule has 0 fully saturated rings. The molecule has 0 aliphatic carbocycles. The zero-order valence-corrected chi connectivity index (χ0v) is 9.32. The molecule has 1 heterocycles. The van der Waals surface area contributed by atoms with Crippen LogP contribution in [0.5, 0.6) is 0 Å². The van der Waals surface area contributed by atoms with Crippen LogP contribution in [0.1, 0.15) is 25.0 Å². The number of benzene rings is 1. The Hall–Kier alpha value is -1.35. The zero-order valence-electron chi connectivity index (χ0n) is 9.32. The summed E-state index contributed by atoms with van der Waals surface area (Å²) in [7, 11) is 0. The number of aryl methyl sites for hydroxylation is 1. The molecule has 1 aliphatic heterocycles. The van der Waals surface area contributed by atoms with Crippen molar-refractivity contribution in [1.82, 2.24) is 5.48 Å². The minimum atomic E-state index is -0.0682. The van der Waals surface area contributed by atoms with E-state index < -0.39 is 0 Å². The number of hydrogen-bond acceptors (Lipinski definition) is 3. The van der Waals surface area contributed by atoms with E-state index in [0.29, 0.717) is 5.92 Å². The summed E-state index contributed by atoms with van der Waals surface area (Å²) in [6.07, 6.45) is -0.0682. The largest absolute Gasteiger partial charge is 0.248 e. The summed E-state index contributed by atoms with van der Waals surface area (Å²) in [5.41, 5.74) is 5.20. The molecule has 80 valence electrons. The molecule has 1 aromatic rings. The standard InChI is InChI=1S/C12H16N2O/c1-8(2)12-13-11(14-15-12)10-6-4-9(3)5-7-10/h4-8,12H,1-3H3,(H,13,14). The van der Waals surface area contributed by atoms with E-state index in [-0.39, 0.29) is 6.23 Å². The molecule has 1 N–H and O–H groups in total. The Morgan fingerprint density at radius 1 is 1.27 bits per heavy atom. The molecular weight excluding hydrogens is 188 g/mol. The maximum Gasteiger partial charge on any atom is 0.179 e. The third kappa shape index (κ3) is 2.18. The molecule has 0 aromatic heterocycles. The molecule has 0 radical (unpaired) electrons. The molecule has 1 aliphatic rings. The maximum absolute atomic E-state index is 5.36. The lowest BCUT2D eigenvalue weighted by Crippen LogP contribution is -2.21. The average Bonchev–Trinajstić information content (AvgIpc) is 2.68. The number of hydroxylamine groups is 1. The first kappa shape index (κ1) is 10.2. The summed E-state index contributed by atoms with van der Waals surface area (Å²) < 4.78 is 0. The van der Waals surface area contributed by atoms with Gasteiger partial charge in [0.25, 0.3) is 0 Å². The quantitative estimate of drug-likeness (QED) is 0.801. The number of hydrogen-bond donors (Lipinski definition) is 1. The van der Waals surface area contributed by atoms with Crippen molar-refractivity contribution in [2.24, 2.45) is 10.9 Å². The highest BCUT2D eigenvalue weighted by atomic mass is 16.7. The topological polar surface area (TPSA) is 33.6 Å². The van der Waals surface area contributed by atoms with Crippen molar-refractivity contribution in [2.75, 3.05) is 0 Å². The summed E-state index contributed by atoms with van der Waals surface area (Å²) in [5.74, 6) is 1.22. The van der Waals surface area contributed by atoms with E-state index in [2.05, 4.69) is 43.4 Å². The smallest absolute Gasteiger partial charge is 0.179 e. The predicted octanol–water partition coefficient (Wildman–Crippen LogP) is 2.26. The fraction of sp³-hybridized carbons (Fsp3) is 0.417. The number of nitrogens with one attached hydrogen (secondary N) is 1. The third-order valence-corrected chi connectivity index (χ3v) is 2.43. The SMILES string of the molecule is Cc1ccc(C2=NC(C(C)C)ON2)cc1. The van der Waals surface area contributed by atoms with E-state index in [4.69, 9.17) is 4.84 Å². The minimum absolute atomic E-state index is 0.0682. The van der Waals surface area contributed by atoms with Crippen molar-refractivity contribution in [1.29, 1.82) is 0 Å². The van der Waals surface area contributed by atoms with E-state index in [1.165, 1.54) is 5.56 Å². The van der Waals surface area contributed by atoms with Crippen LogP contribution in [0, 0.1) is 12.8 Å².